The van der Waals surface area contributed by atoms with Crippen molar-refractivity contribution in [1.82, 2.24) is 0 Å². The van der Waals surface area contributed by atoms with Crippen LogP contribution in [0.25, 0.3) is 0 Å². The highest BCUT2D eigenvalue weighted by molar-refractivity contribution is 5.33. The first-order valence-corrected chi connectivity index (χ1v) is 5.15. The molecular formula is C13H18FN. The van der Waals surface area contributed by atoms with Gasteiger partial charge in [-0.1, -0.05) is 26.0 Å². The van der Waals surface area contributed by atoms with Crippen molar-refractivity contribution in [1.29, 1.82) is 5.26 Å². The van der Waals surface area contributed by atoms with Crippen molar-refractivity contribution in [3.8, 4) is 6.07 Å². The lowest BCUT2D eigenvalue weighted by atomic mass is 9.85. The van der Waals surface area contributed by atoms with Gasteiger partial charge in [0.2, 0.25) is 0 Å². The number of hydrogen-bond donors (Lipinski definition) is 0. The highest BCUT2D eigenvalue weighted by atomic mass is 19.1. The third-order valence-electron chi connectivity index (χ3n) is 2.08. The lowest BCUT2D eigenvalue weighted by molar-refractivity contribution is 0.564. The van der Waals surface area contributed by atoms with Gasteiger partial charge in [-0.3, -0.25) is 0 Å². The second-order valence-corrected chi connectivity index (χ2v) is 3.72. The first kappa shape index (κ1) is 13.6. The van der Waals surface area contributed by atoms with Crippen molar-refractivity contribution in [2.24, 2.45) is 0 Å². The Hall–Kier alpha value is -1.36. The maximum absolute atomic E-state index is 13.4. The molecule has 1 aromatic carbocycles. The molecule has 15 heavy (non-hydrogen) atoms. The summed E-state index contributed by atoms with van der Waals surface area (Å²) in [5, 5.41) is 8.82. The maximum atomic E-state index is 13.4. The maximum Gasteiger partial charge on any atom is 0.128 e. The summed E-state index contributed by atoms with van der Waals surface area (Å²) in [5.74, 6) is -0.299. The van der Waals surface area contributed by atoms with E-state index in [0.29, 0.717) is 5.56 Å². The largest absolute Gasteiger partial charge is 0.207 e. The molecule has 0 aliphatic carbocycles. The standard InChI is InChI=1S/C11H12FN.C2H6/c1-8-4-5-9(10(12)6-8)11(2,3)7-13;1-2/h4-6H,1-3H3;1-2H3. The number of nitrogens with zero attached hydrogens (tertiary/aromatic N) is 1. The Morgan fingerprint density at radius 1 is 1.27 bits per heavy atom. The molecule has 2 heteroatoms. The molecule has 0 N–H and O–H groups in total. The van der Waals surface area contributed by atoms with Crippen LogP contribution in [0.1, 0.15) is 38.8 Å². The smallest absolute Gasteiger partial charge is 0.128 e. The van der Waals surface area contributed by atoms with Crippen molar-refractivity contribution < 1.29 is 4.39 Å². The van der Waals surface area contributed by atoms with Crippen molar-refractivity contribution in [2.45, 2.75) is 40.0 Å². The van der Waals surface area contributed by atoms with Crippen LogP contribution >= 0.6 is 0 Å². The predicted molar refractivity (Wildman–Crippen MR) is 61.1 cm³/mol. The molecular weight excluding hydrogens is 189 g/mol. The van der Waals surface area contributed by atoms with Crippen LogP contribution in [0.5, 0.6) is 0 Å². The van der Waals surface area contributed by atoms with Gasteiger partial charge in [0.15, 0.2) is 0 Å². The molecule has 0 saturated carbocycles. The van der Waals surface area contributed by atoms with Gasteiger partial charge in [0, 0.05) is 5.56 Å². The van der Waals surface area contributed by atoms with E-state index in [1.165, 1.54) is 6.07 Å². The van der Waals surface area contributed by atoms with Crippen LogP contribution in [0.2, 0.25) is 0 Å². The van der Waals surface area contributed by atoms with Crippen molar-refractivity contribution in [3.05, 3.63) is 35.1 Å². The third-order valence-corrected chi connectivity index (χ3v) is 2.08. The number of aryl methyl sites for hydroxylation is 1. The predicted octanol–water partition coefficient (Wildman–Crippen LogP) is 3.96. The fraction of sp³-hybridized carbons (Fsp3) is 0.462. The van der Waals surface area contributed by atoms with Gasteiger partial charge in [0.1, 0.15) is 5.82 Å². The molecule has 82 valence electrons. The van der Waals surface area contributed by atoms with Gasteiger partial charge in [0.05, 0.1) is 11.5 Å². The summed E-state index contributed by atoms with van der Waals surface area (Å²) in [4.78, 5) is 0. The number of nitriles is 1. The van der Waals surface area contributed by atoms with Gasteiger partial charge < -0.3 is 0 Å². The molecule has 0 aromatic heterocycles. The zero-order valence-corrected chi connectivity index (χ0v) is 10.1. The number of rotatable bonds is 1. The molecule has 0 aliphatic rings. The zero-order valence-electron chi connectivity index (χ0n) is 10.1. The van der Waals surface area contributed by atoms with Crippen LogP contribution in [-0.2, 0) is 5.41 Å². The molecule has 0 atom stereocenters. The molecule has 0 unspecified atom stereocenters. The van der Waals surface area contributed by atoms with Crippen LogP contribution in [0.3, 0.4) is 0 Å². The second-order valence-electron chi connectivity index (χ2n) is 3.72. The number of benzene rings is 1. The summed E-state index contributed by atoms with van der Waals surface area (Å²) in [6, 6.07) is 7.02. The average molecular weight is 207 g/mol. The Morgan fingerprint density at radius 2 is 1.80 bits per heavy atom. The fourth-order valence-corrected chi connectivity index (χ4v) is 1.19. The van der Waals surface area contributed by atoms with Crippen LogP contribution in [0.4, 0.5) is 4.39 Å². The minimum absolute atomic E-state index is 0.299. The van der Waals surface area contributed by atoms with Crippen LogP contribution < -0.4 is 0 Å². The molecule has 0 bridgehead atoms. The van der Waals surface area contributed by atoms with E-state index in [9.17, 15) is 4.39 Å². The van der Waals surface area contributed by atoms with E-state index < -0.39 is 5.41 Å². The first-order chi connectivity index (χ1) is 6.97. The molecule has 0 aliphatic heterocycles. The molecule has 0 radical (unpaired) electrons. The molecule has 1 aromatic rings. The molecule has 0 amide bonds. The molecule has 1 nitrogen and oxygen atoms in total. The van der Waals surface area contributed by atoms with Gasteiger partial charge in [-0.25, -0.2) is 4.39 Å². The van der Waals surface area contributed by atoms with Gasteiger partial charge in [-0.2, -0.15) is 5.26 Å². The highest BCUT2D eigenvalue weighted by Gasteiger charge is 2.23. The summed E-state index contributed by atoms with van der Waals surface area (Å²) < 4.78 is 13.4. The first-order valence-electron chi connectivity index (χ1n) is 5.15. The molecule has 0 saturated heterocycles. The van der Waals surface area contributed by atoms with Crippen molar-refractivity contribution in [3.63, 3.8) is 0 Å². The summed E-state index contributed by atoms with van der Waals surface area (Å²) in [5.41, 5.74) is 0.577. The fourth-order valence-electron chi connectivity index (χ4n) is 1.19. The second kappa shape index (κ2) is 5.50. The Labute approximate surface area is 91.5 Å². The Morgan fingerprint density at radius 3 is 2.20 bits per heavy atom. The van der Waals surface area contributed by atoms with Crippen LogP contribution in [0, 0.1) is 24.1 Å². The average Bonchev–Trinajstić information content (AvgIpc) is 2.20. The topological polar surface area (TPSA) is 23.8 Å². The molecule has 1 rings (SSSR count). The lowest BCUT2D eigenvalue weighted by Crippen LogP contribution is -2.15. The minimum Gasteiger partial charge on any atom is -0.207 e. The SMILES string of the molecule is CC.Cc1ccc(C(C)(C)C#N)c(F)c1. The van der Waals surface area contributed by atoms with Gasteiger partial charge in [0.25, 0.3) is 0 Å². The van der Waals surface area contributed by atoms with Gasteiger partial charge in [-0.15, -0.1) is 0 Å². The number of halogens is 1. The summed E-state index contributed by atoms with van der Waals surface area (Å²) in [6.45, 7) is 9.24. The van der Waals surface area contributed by atoms with E-state index in [1.807, 2.05) is 26.8 Å². The Kier molecular flexibility index (Phi) is 5.00. The normalized spacial score (nSPS) is 9.93. The summed E-state index contributed by atoms with van der Waals surface area (Å²) >= 11 is 0. The van der Waals surface area contributed by atoms with E-state index in [2.05, 4.69) is 6.07 Å². The van der Waals surface area contributed by atoms with Crippen LogP contribution in [-0.4, -0.2) is 0 Å². The lowest BCUT2D eigenvalue weighted by Gasteiger charge is -2.16. The van der Waals surface area contributed by atoms with Gasteiger partial charge >= 0.3 is 0 Å². The number of hydrogen-bond acceptors (Lipinski definition) is 1. The molecule has 0 heterocycles. The third kappa shape index (κ3) is 3.36. The molecule has 0 spiro atoms. The van der Waals surface area contributed by atoms with E-state index in [0.717, 1.165) is 5.56 Å². The van der Waals surface area contributed by atoms with Crippen LogP contribution in [0.15, 0.2) is 18.2 Å². The zero-order chi connectivity index (χ0) is 12.1. The quantitative estimate of drug-likeness (QED) is 0.683. The minimum atomic E-state index is -0.752. The highest BCUT2D eigenvalue weighted by Crippen LogP contribution is 2.25. The van der Waals surface area contributed by atoms with Crippen molar-refractivity contribution in [2.75, 3.05) is 0 Å². The van der Waals surface area contributed by atoms with E-state index in [1.54, 1.807) is 19.9 Å². The van der Waals surface area contributed by atoms with E-state index >= 15 is 0 Å². The summed E-state index contributed by atoms with van der Waals surface area (Å²) in [7, 11) is 0. The molecule has 0 fully saturated rings. The van der Waals surface area contributed by atoms with E-state index in [-0.39, 0.29) is 5.82 Å². The monoisotopic (exact) mass is 207 g/mol. The van der Waals surface area contributed by atoms with Gasteiger partial charge in [-0.05, 0) is 32.4 Å². The Balaban J connectivity index is 0.000000921. The van der Waals surface area contributed by atoms with E-state index in [4.69, 9.17) is 5.26 Å². The van der Waals surface area contributed by atoms with Crippen molar-refractivity contribution >= 4 is 0 Å². The summed E-state index contributed by atoms with van der Waals surface area (Å²) in [6.07, 6.45) is 0. The Bertz CT molecular complexity index is 361.